The van der Waals surface area contributed by atoms with E-state index < -0.39 is 275 Å². The van der Waals surface area contributed by atoms with E-state index in [1.54, 1.807) is 0 Å². The minimum absolute atomic E-state index is 0.250. The highest BCUT2D eigenvalue weighted by atomic mass is 16.3. The van der Waals surface area contributed by atoms with E-state index in [0.717, 1.165) is 0 Å². The van der Waals surface area contributed by atoms with E-state index in [1.165, 1.54) is 0 Å². The summed E-state index contributed by atoms with van der Waals surface area (Å²) in [6.07, 6.45) is 0. The Morgan fingerprint density at radius 2 is 0.692 bits per heavy atom. The zero-order chi connectivity index (χ0) is 60.3. The van der Waals surface area contributed by atoms with Crippen molar-refractivity contribution in [3.05, 3.63) is 181 Å². The second-order valence-corrected chi connectivity index (χ2v) is 11.3. The van der Waals surface area contributed by atoms with E-state index in [2.05, 4.69) is 0 Å². The Hall–Kier alpha value is -6.90. The van der Waals surface area contributed by atoms with Crippen LogP contribution in [0.4, 0.5) is 0 Å². The lowest BCUT2D eigenvalue weighted by atomic mass is 9.85. The zero-order valence-corrected chi connectivity index (χ0v) is 25.8. The van der Waals surface area contributed by atoms with Gasteiger partial charge in [0.15, 0.2) is 0 Å². The predicted molar refractivity (Wildman–Crippen MR) is 218 cm³/mol. The lowest BCUT2D eigenvalue weighted by Gasteiger charge is -2.18. The van der Waals surface area contributed by atoms with Crippen LogP contribution in [0, 0.1) is 0 Å². The molecule has 0 aliphatic carbocycles. The molecule has 0 amide bonds. The van der Waals surface area contributed by atoms with Gasteiger partial charge in [0.2, 0.25) is 0 Å². The van der Waals surface area contributed by atoms with Crippen molar-refractivity contribution in [2.45, 2.75) is 0 Å². The highest BCUT2D eigenvalue weighted by molar-refractivity contribution is 6.26. The first-order valence-electron chi connectivity index (χ1n) is 30.3. The molecule has 0 spiro atoms. The van der Waals surface area contributed by atoms with E-state index in [0.29, 0.717) is 0 Å². The predicted octanol–water partition coefficient (Wildman–Crippen LogP) is 14.5. The average molecular weight is 693 g/mol. The molecule has 0 unspecified atom stereocenters. The first-order chi connectivity index (χ1) is 38.3. The normalized spacial score (nSPS) is 19.9. The molecule has 0 aliphatic heterocycles. The molecule has 0 saturated heterocycles. The molecule has 2 nitrogen and oxygen atoms in total. The SMILES string of the molecule is [2H]c1c([2H])c([2H])c(-c2c([2H])c([2H])c([2H])c(-c3c4c([2H])c([2H])c([2H])c([2H])c4c(-c4c([2H])c([2H])c([2H])c(-c5c([2H])c([2H])c6c(oc7c([2H])c([2H])c8oc9c([2H])c([2H])c([2H])c([2H])c9c8c76)c5[2H])c4[2H])c4c([2H])c([2H])c([2H])c([2H])c34)c2[2H])c([2H])c1[2H]. The van der Waals surface area contributed by atoms with Crippen LogP contribution in [0.1, 0.15) is 41.1 Å². The van der Waals surface area contributed by atoms with Gasteiger partial charge in [-0.2, -0.15) is 0 Å². The van der Waals surface area contributed by atoms with Crippen molar-refractivity contribution in [2.24, 2.45) is 0 Å². The van der Waals surface area contributed by atoms with Crippen LogP contribution in [-0.2, 0) is 0 Å². The van der Waals surface area contributed by atoms with Gasteiger partial charge >= 0.3 is 0 Å². The van der Waals surface area contributed by atoms with Gasteiger partial charge in [0.05, 0.1) is 41.1 Å². The number of para-hydroxylation sites is 1. The molecule has 52 heavy (non-hydrogen) atoms. The number of hydrogen-bond donors (Lipinski definition) is 0. The molecule has 0 aliphatic rings. The number of fused-ring (bicyclic) bond motifs is 9. The van der Waals surface area contributed by atoms with Crippen LogP contribution in [0.25, 0.3) is 110 Å². The Kier molecular flexibility index (Phi) is 2.63. The van der Waals surface area contributed by atoms with Gasteiger partial charge in [0.25, 0.3) is 0 Å². The first kappa shape index (κ1) is 12.1. The highest BCUT2D eigenvalue weighted by Crippen LogP contribution is 2.45. The van der Waals surface area contributed by atoms with Gasteiger partial charge in [0, 0.05) is 21.5 Å². The van der Waals surface area contributed by atoms with E-state index >= 15 is 0 Å². The number of rotatable bonds is 4. The van der Waals surface area contributed by atoms with Gasteiger partial charge < -0.3 is 8.83 Å². The Labute approximate surface area is 341 Å². The maximum atomic E-state index is 9.95. The molecule has 0 radical (unpaired) electrons. The summed E-state index contributed by atoms with van der Waals surface area (Å²) in [5, 5.41) is -4.59. The van der Waals surface area contributed by atoms with Crippen molar-refractivity contribution >= 4 is 65.4 Å². The van der Waals surface area contributed by atoms with Gasteiger partial charge in [0.1, 0.15) is 22.3 Å². The lowest BCUT2D eigenvalue weighted by Crippen LogP contribution is -1.91. The van der Waals surface area contributed by atoms with Gasteiger partial charge in [-0.25, -0.2) is 0 Å². The fraction of sp³-hybridized carbons (Fsp3) is 0. The van der Waals surface area contributed by atoms with Crippen molar-refractivity contribution in [1.29, 1.82) is 0 Å². The average Bonchev–Trinajstić information content (AvgIpc) is 4.12. The first-order valence-corrected chi connectivity index (χ1v) is 15.3. The van der Waals surface area contributed by atoms with Crippen molar-refractivity contribution in [3.8, 4) is 44.5 Å². The third-order valence-electron chi connectivity index (χ3n) is 8.46. The molecule has 9 aromatic carbocycles. The molecule has 0 bridgehead atoms. The van der Waals surface area contributed by atoms with E-state index in [4.69, 9.17) is 32.1 Å². The van der Waals surface area contributed by atoms with Crippen LogP contribution < -0.4 is 0 Å². The highest BCUT2D eigenvalue weighted by Gasteiger charge is 2.19. The molecule has 11 rings (SSSR count). The Morgan fingerprint density at radius 1 is 0.269 bits per heavy atom. The third-order valence-corrected chi connectivity index (χ3v) is 8.46. The maximum Gasteiger partial charge on any atom is 0.136 e. The molecular weight excluding hydrogens is 633 g/mol. The van der Waals surface area contributed by atoms with Crippen LogP contribution in [0.2, 0.25) is 0 Å². The van der Waals surface area contributed by atoms with Crippen LogP contribution in [0.3, 0.4) is 0 Å². The second kappa shape index (κ2) is 11.3. The minimum atomic E-state index is -1.12. The molecule has 0 N–H and O–H groups in total. The van der Waals surface area contributed by atoms with Gasteiger partial charge in [-0.1, -0.05) is 139 Å². The Balaban J connectivity index is 1.34. The lowest BCUT2D eigenvalue weighted by molar-refractivity contribution is 0.663. The molecule has 0 saturated carbocycles. The van der Waals surface area contributed by atoms with Crippen LogP contribution in [-0.4, -0.2) is 0 Å². The Morgan fingerprint density at radius 3 is 1.29 bits per heavy atom. The van der Waals surface area contributed by atoms with Gasteiger partial charge in [-0.3, -0.25) is 0 Å². The van der Waals surface area contributed by atoms with E-state index in [9.17, 15) is 17.8 Å². The molecular formula is C50H30O2. The summed E-state index contributed by atoms with van der Waals surface area (Å²) in [5.41, 5.74) is -8.96. The minimum Gasteiger partial charge on any atom is -0.456 e. The summed E-state index contributed by atoms with van der Waals surface area (Å²) in [6, 6.07) is -28.8. The summed E-state index contributed by atoms with van der Waals surface area (Å²) in [7, 11) is 0. The summed E-state index contributed by atoms with van der Waals surface area (Å²) in [6.45, 7) is 0. The van der Waals surface area contributed by atoms with Gasteiger partial charge in [-0.15, -0.1) is 0 Å². The van der Waals surface area contributed by atoms with E-state index in [-0.39, 0.29) is 16.2 Å². The van der Waals surface area contributed by atoms with Crippen LogP contribution >= 0.6 is 0 Å². The fourth-order valence-electron chi connectivity index (χ4n) is 6.31. The Bertz CT molecular complexity index is 4810. The topological polar surface area (TPSA) is 26.3 Å². The van der Waals surface area contributed by atoms with Crippen molar-refractivity contribution in [2.75, 3.05) is 0 Å². The number of furan rings is 2. The molecule has 0 atom stereocenters. The van der Waals surface area contributed by atoms with Gasteiger partial charge in [-0.05, 0) is 108 Å². The fourth-order valence-corrected chi connectivity index (χ4v) is 6.31. The quantitative estimate of drug-likeness (QED) is 0.172. The number of benzene rings is 9. The standard InChI is InChI=1S/C50H30O2/c1-2-12-31(13-3-1)32-14-10-16-35(28-32)47-37-18-4-6-20-39(37)48(40-21-7-5-19-38(40)47)36-17-11-15-33(29-36)34-24-25-42-46(30-34)52-45-27-26-44-49(50(42)45)41-22-8-9-23-43(41)51-44/h1-30H/i1D,2D,3D,4D,5D,6D,7D,8D,9D,10D,11D,12D,13D,14D,15D,16D,17D,18D,19D,20D,21D,22D,23D,24D,25D,26D,27D,28D,29D,30D. The monoisotopic (exact) mass is 692 g/mol. The summed E-state index contributed by atoms with van der Waals surface area (Å²) in [4.78, 5) is 0. The van der Waals surface area contributed by atoms with E-state index in [1.807, 2.05) is 0 Å². The van der Waals surface area contributed by atoms with Crippen molar-refractivity contribution < 1.29 is 50.0 Å². The molecule has 242 valence electrons. The second-order valence-electron chi connectivity index (χ2n) is 11.3. The largest absolute Gasteiger partial charge is 0.456 e. The summed E-state index contributed by atoms with van der Waals surface area (Å²) >= 11 is 0. The summed E-state index contributed by atoms with van der Waals surface area (Å²) in [5.74, 6) is 0. The molecule has 2 heterocycles. The molecule has 2 heteroatoms. The smallest absolute Gasteiger partial charge is 0.136 e. The van der Waals surface area contributed by atoms with Crippen molar-refractivity contribution in [3.63, 3.8) is 0 Å². The number of hydrogen-bond acceptors (Lipinski definition) is 2. The third kappa shape index (κ3) is 4.38. The molecule has 2 aromatic heterocycles. The summed E-state index contributed by atoms with van der Waals surface area (Å²) < 4.78 is 283. The van der Waals surface area contributed by atoms with Crippen molar-refractivity contribution in [1.82, 2.24) is 0 Å². The maximum absolute atomic E-state index is 9.95. The van der Waals surface area contributed by atoms with Crippen LogP contribution in [0.15, 0.2) is 190 Å². The van der Waals surface area contributed by atoms with Crippen LogP contribution in [0.5, 0.6) is 0 Å². The molecule has 0 fully saturated rings. The molecule has 11 aromatic rings. The zero-order valence-electron chi connectivity index (χ0n) is 55.8.